The standard InChI is InChI=1S/C18H16ClN5OS3/c19-11-3-4-13-14(10-11)20-8-6-15(13)27-18-24-23-17(28-18)22-16(25)21-7-5-12-2-1-9-26-12/h2-4,6,8,10H,1,5,7,9H2,(H2,21,22,23,25). The first kappa shape index (κ1) is 19.5. The highest BCUT2D eigenvalue weighted by molar-refractivity contribution is 8.03. The summed E-state index contributed by atoms with van der Waals surface area (Å²) in [6.07, 6.45) is 5.97. The molecule has 0 fully saturated rings. The van der Waals surface area contributed by atoms with Crippen molar-refractivity contribution in [2.75, 3.05) is 17.6 Å². The molecule has 2 aromatic heterocycles. The molecule has 144 valence electrons. The first-order valence-corrected chi connectivity index (χ1v) is 11.6. The zero-order chi connectivity index (χ0) is 19.3. The number of rotatable bonds is 6. The molecule has 1 aliphatic heterocycles. The van der Waals surface area contributed by atoms with Crippen molar-refractivity contribution in [3.05, 3.63) is 46.5 Å². The zero-order valence-corrected chi connectivity index (χ0v) is 17.9. The number of amides is 2. The number of pyridine rings is 1. The van der Waals surface area contributed by atoms with Crippen molar-refractivity contribution >= 4 is 68.5 Å². The molecule has 2 amide bonds. The Morgan fingerprint density at radius 2 is 2.21 bits per heavy atom. The number of anilines is 1. The minimum absolute atomic E-state index is 0.264. The van der Waals surface area contributed by atoms with Crippen molar-refractivity contribution in [1.29, 1.82) is 0 Å². The molecule has 0 bridgehead atoms. The second-order valence-corrected chi connectivity index (χ2v) is 9.81. The molecule has 0 radical (unpaired) electrons. The summed E-state index contributed by atoms with van der Waals surface area (Å²) in [5.41, 5.74) is 0.829. The molecule has 1 aliphatic rings. The lowest BCUT2D eigenvalue weighted by Gasteiger charge is -2.05. The van der Waals surface area contributed by atoms with Gasteiger partial charge in [-0.3, -0.25) is 10.3 Å². The fraction of sp³-hybridized carbons (Fsp3) is 0.222. The summed E-state index contributed by atoms with van der Waals surface area (Å²) >= 11 is 10.7. The highest BCUT2D eigenvalue weighted by atomic mass is 35.5. The number of hydrogen-bond acceptors (Lipinski definition) is 7. The van der Waals surface area contributed by atoms with Crippen molar-refractivity contribution in [2.45, 2.75) is 22.1 Å². The number of carbonyl (C=O) groups is 1. The molecular formula is C18H16ClN5OS3. The molecule has 4 rings (SSSR count). The topological polar surface area (TPSA) is 79.8 Å². The molecule has 1 aromatic carbocycles. The van der Waals surface area contributed by atoms with E-state index in [0.717, 1.165) is 38.7 Å². The van der Waals surface area contributed by atoms with Gasteiger partial charge in [0.15, 0.2) is 4.34 Å². The zero-order valence-electron chi connectivity index (χ0n) is 14.6. The summed E-state index contributed by atoms with van der Waals surface area (Å²) in [5.74, 6) is 1.15. The number of nitrogens with one attached hydrogen (secondary N) is 2. The predicted octanol–water partition coefficient (Wildman–Crippen LogP) is 5.42. The van der Waals surface area contributed by atoms with Gasteiger partial charge in [0.05, 0.1) is 5.52 Å². The van der Waals surface area contributed by atoms with Gasteiger partial charge in [0.2, 0.25) is 5.13 Å². The average molecular weight is 450 g/mol. The molecule has 3 heterocycles. The Morgan fingerprint density at radius 3 is 3.07 bits per heavy atom. The van der Waals surface area contributed by atoms with E-state index in [0.29, 0.717) is 16.7 Å². The Morgan fingerprint density at radius 1 is 1.29 bits per heavy atom. The number of urea groups is 1. The largest absolute Gasteiger partial charge is 0.337 e. The molecule has 28 heavy (non-hydrogen) atoms. The first-order valence-electron chi connectivity index (χ1n) is 8.60. The third-order valence-electron chi connectivity index (χ3n) is 3.92. The lowest BCUT2D eigenvalue weighted by atomic mass is 10.2. The molecule has 0 spiro atoms. The quantitative estimate of drug-likeness (QED) is 0.489. The van der Waals surface area contributed by atoms with E-state index in [1.165, 1.54) is 28.0 Å². The number of fused-ring (bicyclic) bond motifs is 1. The first-order chi connectivity index (χ1) is 13.7. The van der Waals surface area contributed by atoms with E-state index in [1.54, 1.807) is 6.20 Å². The van der Waals surface area contributed by atoms with Crippen LogP contribution in [0.25, 0.3) is 10.9 Å². The smallest absolute Gasteiger partial charge is 0.321 e. The Bertz CT molecular complexity index is 1040. The van der Waals surface area contributed by atoms with Crippen LogP contribution in [0.4, 0.5) is 9.93 Å². The van der Waals surface area contributed by atoms with E-state index in [-0.39, 0.29) is 6.03 Å². The fourth-order valence-corrected chi connectivity index (χ4v) is 5.64. The summed E-state index contributed by atoms with van der Waals surface area (Å²) in [7, 11) is 0. The van der Waals surface area contributed by atoms with E-state index in [2.05, 4.69) is 31.9 Å². The van der Waals surface area contributed by atoms with E-state index >= 15 is 0 Å². The number of allylic oxidation sites excluding steroid dienone is 1. The predicted molar refractivity (Wildman–Crippen MR) is 118 cm³/mol. The highest BCUT2D eigenvalue weighted by Crippen LogP contribution is 2.36. The second-order valence-electron chi connectivity index (χ2n) is 5.88. The summed E-state index contributed by atoms with van der Waals surface area (Å²) in [5, 5.41) is 15.9. The van der Waals surface area contributed by atoms with Crippen LogP contribution in [0.2, 0.25) is 5.02 Å². The number of carbonyl (C=O) groups excluding carboxylic acids is 1. The Balaban J connectivity index is 1.35. The lowest BCUT2D eigenvalue weighted by Crippen LogP contribution is -2.29. The van der Waals surface area contributed by atoms with Crippen LogP contribution in [0.3, 0.4) is 0 Å². The summed E-state index contributed by atoms with van der Waals surface area (Å²) in [4.78, 5) is 18.7. The number of hydrogen-bond donors (Lipinski definition) is 2. The molecule has 2 N–H and O–H groups in total. The fourth-order valence-electron chi connectivity index (χ4n) is 2.66. The molecule has 3 aromatic rings. The van der Waals surface area contributed by atoms with E-state index < -0.39 is 0 Å². The monoisotopic (exact) mass is 449 g/mol. The molecular weight excluding hydrogens is 434 g/mol. The molecule has 6 nitrogen and oxygen atoms in total. The number of benzene rings is 1. The van der Waals surface area contributed by atoms with E-state index in [4.69, 9.17) is 11.6 Å². The van der Waals surface area contributed by atoms with Crippen LogP contribution in [0.15, 0.2) is 50.7 Å². The molecule has 0 saturated carbocycles. The van der Waals surface area contributed by atoms with Gasteiger partial charge in [-0.1, -0.05) is 46.8 Å². The van der Waals surface area contributed by atoms with E-state index in [9.17, 15) is 4.79 Å². The Labute approximate surface area is 179 Å². The maximum Gasteiger partial charge on any atom is 0.321 e. The summed E-state index contributed by atoms with van der Waals surface area (Å²) < 4.78 is 0.741. The van der Waals surface area contributed by atoms with Crippen molar-refractivity contribution in [2.24, 2.45) is 0 Å². The van der Waals surface area contributed by atoms with Crippen LogP contribution in [0.5, 0.6) is 0 Å². The van der Waals surface area contributed by atoms with Crippen LogP contribution in [0.1, 0.15) is 12.8 Å². The van der Waals surface area contributed by atoms with Crippen LogP contribution in [0, 0.1) is 0 Å². The lowest BCUT2D eigenvalue weighted by molar-refractivity contribution is 0.252. The molecule has 0 atom stereocenters. The summed E-state index contributed by atoms with van der Waals surface area (Å²) in [6, 6.07) is 7.28. The number of thioether (sulfide) groups is 1. The SMILES string of the molecule is O=C(NCCC1=CCCS1)Nc1nnc(Sc2ccnc3cc(Cl)ccc23)s1. The van der Waals surface area contributed by atoms with Crippen LogP contribution in [-0.4, -0.2) is 33.5 Å². The maximum absolute atomic E-state index is 12.0. The minimum Gasteiger partial charge on any atom is -0.337 e. The van der Waals surface area contributed by atoms with Crippen LogP contribution in [-0.2, 0) is 0 Å². The van der Waals surface area contributed by atoms with Crippen molar-refractivity contribution in [3.63, 3.8) is 0 Å². The Hall–Kier alpha value is -1.81. The van der Waals surface area contributed by atoms with Gasteiger partial charge in [-0.15, -0.1) is 22.0 Å². The van der Waals surface area contributed by atoms with Gasteiger partial charge < -0.3 is 5.32 Å². The third-order valence-corrected chi connectivity index (χ3v) is 7.31. The van der Waals surface area contributed by atoms with Gasteiger partial charge >= 0.3 is 6.03 Å². The second kappa shape index (κ2) is 9.13. The highest BCUT2D eigenvalue weighted by Gasteiger charge is 2.12. The van der Waals surface area contributed by atoms with Crippen LogP contribution >= 0.6 is 46.5 Å². The molecule has 0 unspecified atom stereocenters. The number of aromatic nitrogens is 3. The number of halogens is 1. The normalized spacial score (nSPS) is 13.5. The molecule has 0 saturated heterocycles. The number of nitrogens with zero attached hydrogens (tertiary/aromatic N) is 3. The van der Waals surface area contributed by atoms with Gasteiger partial charge in [0.25, 0.3) is 0 Å². The van der Waals surface area contributed by atoms with Crippen molar-refractivity contribution < 1.29 is 4.79 Å². The van der Waals surface area contributed by atoms with Gasteiger partial charge in [-0.05, 0) is 35.9 Å². The van der Waals surface area contributed by atoms with Gasteiger partial charge in [0.1, 0.15) is 0 Å². The van der Waals surface area contributed by atoms with E-state index in [1.807, 2.05) is 36.0 Å². The maximum atomic E-state index is 12.0. The third kappa shape index (κ3) is 4.96. The van der Waals surface area contributed by atoms with Crippen molar-refractivity contribution in [1.82, 2.24) is 20.5 Å². The average Bonchev–Trinajstić information content (AvgIpc) is 3.34. The van der Waals surface area contributed by atoms with Gasteiger partial charge in [-0.25, -0.2) is 4.79 Å². The Kier molecular flexibility index (Phi) is 6.36. The minimum atomic E-state index is -0.264. The van der Waals surface area contributed by atoms with Gasteiger partial charge in [0, 0.05) is 33.8 Å². The van der Waals surface area contributed by atoms with Gasteiger partial charge in [-0.2, -0.15) is 0 Å². The molecule has 0 aliphatic carbocycles. The summed E-state index contributed by atoms with van der Waals surface area (Å²) in [6.45, 7) is 0.608. The van der Waals surface area contributed by atoms with Crippen molar-refractivity contribution in [3.8, 4) is 0 Å². The van der Waals surface area contributed by atoms with Crippen LogP contribution < -0.4 is 10.6 Å². The molecule has 10 heteroatoms.